The first kappa shape index (κ1) is 18.9. The van der Waals surface area contributed by atoms with Crippen LogP contribution in [-0.4, -0.2) is 17.0 Å². The van der Waals surface area contributed by atoms with Gasteiger partial charge in [-0.05, 0) is 35.4 Å². The van der Waals surface area contributed by atoms with E-state index >= 15 is 0 Å². The fraction of sp³-hybridized carbons (Fsp3) is 0.0417. The first-order chi connectivity index (χ1) is 13.7. The van der Waals surface area contributed by atoms with Crippen LogP contribution in [0.25, 0.3) is 11.6 Å². The largest absolute Gasteiger partial charge is 0.488 e. The number of para-hydroxylation sites is 1. The zero-order chi connectivity index (χ0) is 19.8. The quantitative estimate of drug-likeness (QED) is 0.475. The van der Waals surface area contributed by atoms with Gasteiger partial charge in [0.2, 0.25) is 0 Å². The number of carboxylic acid groups (broad SMARTS) is 1. The molecule has 0 fully saturated rings. The van der Waals surface area contributed by atoms with Crippen molar-refractivity contribution in [3.8, 4) is 5.75 Å². The van der Waals surface area contributed by atoms with Crippen LogP contribution in [0.15, 0.2) is 84.9 Å². The molecule has 3 aromatic rings. The maximum Gasteiger partial charge on any atom is 0.336 e. The van der Waals surface area contributed by atoms with Crippen LogP contribution in [0.4, 0.5) is 0 Å². The molecule has 0 atom stereocenters. The smallest absolute Gasteiger partial charge is 0.336 e. The zero-order valence-corrected chi connectivity index (χ0v) is 15.0. The molecule has 28 heavy (non-hydrogen) atoms. The Bertz CT molecular complexity index is 1040. The normalized spacial score (nSPS) is 10.4. The topological polar surface area (TPSA) is 63.6 Å². The van der Waals surface area contributed by atoms with Crippen LogP contribution in [0.5, 0.6) is 5.75 Å². The van der Waals surface area contributed by atoms with Gasteiger partial charge in [0.25, 0.3) is 0 Å². The Labute approximate surface area is 163 Å². The summed E-state index contributed by atoms with van der Waals surface area (Å²) in [6.07, 6.45) is 3.15. The number of aromatic carboxylic acids is 1. The molecule has 3 aromatic carbocycles. The third-order valence-electron chi connectivity index (χ3n) is 4.15. The average molecular weight is 370 g/mol. The maximum absolute atomic E-state index is 11.6. The minimum Gasteiger partial charge on any atom is -0.488 e. The van der Waals surface area contributed by atoms with Crippen molar-refractivity contribution < 1.29 is 19.4 Å². The molecule has 0 radical (unpaired) electrons. The highest BCUT2D eigenvalue weighted by Crippen LogP contribution is 2.27. The highest BCUT2D eigenvalue weighted by atomic mass is 16.5. The fourth-order valence-electron chi connectivity index (χ4n) is 2.74. The number of hydrogen-bond donors (Lipinski definition) is 1. The van der Waals surface area contributed by atoms with E-state index in [1.807, 2.05) is 42.3 Å². The van der Waals surface area contributed by atoms with Gasteiger partial charge in [-0.2, -0.15) is 0 Å². The van der Waals surface area contributed by atoms with Crippen molar-refractivity contribution >= 4 is 23.6 Å². The maximum atomic E-state index is 11.6. The highest BCUT2D eigenvalue weighted by Gasteiger charge is 2.10. The summed E-state index contributed by atoms with van der Waals surface area (Å²) < 4.78 is 5.89. The molecule has 0 aromatic heterocycles. The molecule has 0 amide bonds. The van der Waals surface area contributed by atoms with Crippen molar-refractivity contribution in [3.05, 3.63) is 107 Å². The minimum absolute atomic E-state index is 0.164. The van der Waals surface area contributed by atoms with Crippen LogP contribution in [0.3, 0.4) is 0 Å². The number of carbonyl (C=O) groups excluding carboxylic acids is 1. The standard InChI is InChI=1S/C24H18O4/c25-16-20(15-14-19-10-4-5-12-22(19)24(26)27)21-11-6-7-13-23(21)28-17-18-8-2-1-3-9-18/h1-15H,17H2,(H,26,27)/b15-14+. The Morgan fingerprint density at radius 3 is 2.25 bits per heavy atom. The van der Waals surface area contributed by atoms with Crippen LogP contribution in [0.1, 0.15) is 27.0 Å². The van der Waals surface area contributed by atoms with E-state index in [1.54, 1.807) is 48.6 Å². The molecule has 3 rings (SSSR count). The zero-order valence-electron chi connectivity index (χ0n) is 15.0. The van der Waals surface area contributed by atoms with Crippen molar-refractivity contribution in [1.82, 2.24) is 0 Å². The molecular formula is C24H18O4. The summed E-state index contributed by atoms with van der Waals surface area (Å²) in [5.74, 6) is 1.46. The van der Waals surface area contributed by atoms with Crippen molar-refractivity contribution in [2.75, 3.05) is 0 Å². The van der Waals surface area contributed by atoms with E-state index in [2.05, 4.69) is 0 Å². The van der Waals surface area contributed by atoms with E-state index < -0.39 is 5.97 Å². The number of hydrogen-bond acceptors (Lipinski definition) is 3. The lowest BCUT2D eigenvalue weighted by atomic mass is 10.0. The molecule has 4 nitrogen and oxygen atoms in total. The molecule has 0 unspecified atom stereocenters. The Balaban J connectivity index is 1.86. The van der Waals surface area contributed by atoms with Gasteiger partial charge in [0.15, 0.2) is 0 Å². The molecule has 0 bridgehead atoms. The summed E-state index contributed by atoms with van der Waals surface area (Å²) in [5.41, 5.74) is 2.56. The lowest BCUT2D eigenvalue weighted by molar-refractivity contribution is 0.0696. The second-order valence-electron chi connectivity index (χ2n) is 6.01. The predicted molar refractivity (Wildman–Crippen MR) is 109 cm³/mol. The number of allylic oxidation sites excluding steroid dienone is 2. The van der Waals surface area contributed by atoms with Crippen LogP contribution in [0.2, 0.25) is 0 Å². The van der Waals surface area contributed by atoms with Crippen molar-refractivity contribution in [3.63, 3.8) is 0 Å². The van der Waals surface area contributed by atoms with Crippen LogP contribution >= 0.6 is 0 Å². The molecule has 1 N–H and O–H groups in total. The second kappa shape index (κ2) is 9.17. The fourth-order valence-corrected chi connectivity index (χ4v) is 2.74. The summed E-state index contributed by atoms with van der Waals surface area (Å²) >= 11 is 0. The van der Waals surface area contributed by atoms with Crippen molar-refractivity contribution in [1.29, 1.82) is 0 Å². The lowest BCUT2D eigenvalue weighted by Crippen LogP contribution is -1.99. The van der Waals surface area contributed by atoms with E-state index in [0.717, 1.165) is 5.56 Å². The van der Waals surface area contributed by atoms with Gasteiger partial charge in [0.05, 0.1) is 11.1 Å². The summed E-state index contributed by atoms with van der Waals surface area (Å²) in [5, 5.41) is 9.29. The molecule has 0 aliphatic rings. The summed E-state index contributed by atoms with van der Waals surface area (Å²) in [6, 6.07) is 23.5. The minimum atomic E-state index is -1.02. The van der Waals surface area contributed by atoms with Gasteiger partial charge in [-0.25, -0.2) is 9.59 Å². The van der Waals surface area contributed by atoms with Gasteiger partial charge in [0.1, 0.15) is 18.3 Å². The second-order valence-corrected chi connectivity index (χ2v) is 6.01. The van der Waals surface area contributed by atoms with Crippen molar-refractivity contribution in [2.24, 2.45) is 0 Å². The molecule has 0 heterocycles. The summed E-state index contributed by atoms with van der Waals surface area (Å²) in [4.78, 5) is 22.9. The van der Waals surface area contributed by atoms with E-state index in [0.29, 0.717) is 23.5 Å². The molecule has 4 heteroatoms. The summed E-state index contributed by atoms with van der Waals surface area (Å²) in [6.45, 7) is 0.371. The third kappa shape index (κ3) is 4.64. The van der Waals surface area contributed by atoms with E-state index in [9.17, 15) is 14.7 Å². The monoisotopic (exact) mass is 370 g/mol. The number of ether oxygens (including phenoxy) is 1. The van der Waals surface area contributed by atoms with Gasteiger partial charge >= 0.3 is 5.97 Å². The Hall–Kier alpha value is -3.88. The number of benzene rings is 3. The number of carbonyl (C=O) groups is 1. The molecular weight excluding hydrogens is 352 g/mol. The molecule has 0 saturated carbocycles. The van der Waals surface area contributed by atoms with Crippen LogP contribution in [0, 0.1) is 0 Å². The highest BCUT2D eigenvalue weighted by molar-refractivity contribution is 5.98. The molecule has 0 saturated heterocycles. The molecule has 0 aliphatic heterocycles. The van der Waals surface area contributed by atoms with Gasteiger partial charge in [0, 0.05) is 5.56 Å². The Morgan fingerprint density at radius 1 is 0.893 bits per heavy atom. The van der Waals surface area contributed by atoms with Gasteiger partial charge in [-0.1, -0.05) is 66.7 Å². The molecule has 138 valence electrons. The summed E-state index contributed by atoms with van der Waals surface area (Å²) in [7, 11) is 0. The van der Waals surface area contributed by atoms with Crippen molar-refractivity contribution in [2.45, 2.75) is 6.61 Å². The predicted octanol–water partition coefficient (Wildman–Crippen LogP) is 4.89. The lowest BCUT2D eigenvalue weighted by Gasteiger charge is -2.11. The first-order valence-corrected chi connectivity index (χ1v) is 8.70. The van der Waals surface area contributed by atoms with E-state index in [1.165, 1.54) is 6.07 Å². The van der Waals surface area contributed by atoms with Crippen LogP contribution < -0.4 is 4.74 Å². The van der Waals surface area contributed by atoms with Gasteiger partial charge in [-0.15, -0.1) is 0 Å². The number of carboxylic acids is 1. The Morgan fingerprint density at radius 2 is 1.54 bits per heavy atom. The third-order valence-corrected chi connectivity index (χ3v) is 4.15. The first-order valence-electron chi connectivity index (χ1n) is 8.70. The van der Waals surface area contributed by atoms with Crippen LogP contribution in [-0.2, 0) is 11.4 Å². The average Bonchev–Trinajstić information content (AvgIpc) is 2.74. The Kier molecular flexibility index (Phi) is 6.19. The molecule has 0 spiro atoms. The molecule has 0 aliphatic carbocycles. The number of rotatable bonds is 7. The van der Waals surface area contributed by atoms with E-state index in [4.69, 9.17) is 4.74 Å². The van der Waals surface area contributed by atoms with E-state index in [-0.39, 0.29) is 11.1 Å². The van der Waals surface area contributed by atoms with Gasteiger partial charge < -0.3 is 9.84 Å². The van der Waals surface area contributed by atoms with Gasteiger partial charge in [-0.3, -0.25) is 0 Å². The SMILES string of the molecule is O=C=C(/C=C/c1ccccc1C(=O)O)c1ccccc1OCc1ccccc1.